The SMILES string of the molecule is CCCC(=O)Nc1ncc(Br)nc1C(N)=O. The molecule has 0 fully saturated rings. The summed E-state index contributed by atoms with van der Waals surface area (Å²) in [5, 5.41) is 2.49. The Labute approximate surface area is 101 Å². The minimum absolute atomic E-state index is 0.0566. The van der Waals surface area contributed by atoms with Crippen LogP contribution in [-0.4, -0.2) is 21.8 Å². The molecule has 0 atom stereocenters. The average molecular weight is 287 g/mol. The highest BCUT2D eigenvalue weighted by Gasteiger charge is 2.14. The Kier molecular flexibility index (Phi) is 4.36. The van der Waals surface area contributed by atoms with E-state index in [0.29, 0.717) is 17.4 Å². The van der Waals surface area contributed by atoms with Crippen LogP contribution in [0.1, 0.15) is 30.3 Å². The molecule has 0 unspecified atom stereocenters. The molecule has 0 saturated heterocycles. The second kappa shape index (κ2) is 5.55. The fourth-order valence-electron chi connectivity index (χ4n) is 1.05. The van der Waals surface area contributed by atoms with Gasteiger partial charge in [0.25, 0.3) is 5.91 Å². The van der Waals surface area contributed by atoms with Crippen molar-refractivity contribution >= 4 is 33.6 Å². The summed E-state index contributed by atoms with van der Waals surface area (Å²) < 4.78 is 0.384. The summed E-state index contributed by atoms with van der Waals surface area (Å²) in [4.78, 5) is 30.1. The minimum atomic E-state index is -0.736. The Bertz CT molecular complexity index is 422. The molecular weight excluding hydrogens is 276 g/mol. The van der Waals surface area contributed by atoms with Gasteiger partial charge in [0.15, 0.2) is 11.5 Å². The second-order valence-electron chi connectivity index (χ2n) is 3.05. The zero-order valence-corrected chi connectivity index (χ0v) is 10.2. The average Bonchev–Trinajstić information content (AvgIpc) is 2.20. The summed E-state index contributed by atoms with van der Waals surface area (Å²) in [6.45, 7) is 1.88. The van der Waals surface area contributed by atoms with Gasteiger partial charge in [-0.25, -0.2) is 9.97 Å². The fraction of sp³-hybridized carbons (Fsp3) is 0.333. The molecule has 3 N–H and O–H groups in total. The van der Waals surface area contributed by atoms with Crippen LogP contribution in [-0.2, 0) is 4.79 Å². The maximum absolute atomic E-state index is 11.3. The summed E-state index contributed by atoms with van der Waals surface area (Å²) in [5.41, 5.74) is 5.06. The van der Waals surface area contributed by atoms with Crippen molar-refractivity contribution in [2.24, 2.45) is 5.73 Å². The van der Waals surface area contributed by atoms with Crippen molar-refractivity contribution in [1.82, 2.24) is 9.97 Å². The first kappa shape index (κ1) is 12.6. The number of carbonyl (C=O) groups excluding carboxylic acids is 2. The molecular formula is C9H11BrN4O2. The van der Waals surface area contributed by atoms with Crippen LogP contribution in [0, 0.1) is 0 Å². The largest absolute Gasteiger partial charge is 0.364 e. The smallest absolute Gasteiger partial charge is 0.271 e. The zero-order valence-electron chi connectivity index (χ0n) is 8.66. The third-order valence-electron chi connectivity index (χ3n) is 1.71. The number of nitrogens with one attached hydrogen (secondary N) is 1. The van der Waals surface area contributed by atoms with Crippen LogP contribution >= 0.6 is 15.9 Å². The van der Waals surface area contributed by atoms with Crippen LogP contribution in [0.3, 0.4) is 0 Å². The van der Waals surface area contributed by atoms with E-state index in [1.165, 1.54) is 6.20 Å². The molecule has 0 bridgehead atoms. The highest BCUT2D eigenvalue weighted by molar-refractivity contribution is 9.10. The Balaban J connectivity index is 2.95. The van der Waals surface area contributed by atoms with Gasteiger partial charge in [0.05, 0.1) is 6.20 Å². The first-order valence-electron chi connectivity index (χ1n) is 4.66. The van der Waals surface area contributed by atoms with Crippen molar-refractivity contribution in [1.29, 1.82) is 0 Å². The maximum Gasteiger partial charge on any atom is 0.271 e. The molecule has 0 aliphatic heterocycles. The highest BCUT2D eigenvalue weighted by Crippen LogP contribution is 2.13. The van der Waals surface area contributed by atoms with Gasteiger partial charge in [-0.2, -0.15) is 0 Å². The summed E-state index contributed by atoms with van der Waals surface area (Å²) in [6.07, 6.45) is 2.45. The van der Waals surface area contributed by atoms with Crippen LogP contribution in [0.2, 0.25) is 0 Å². The third kappa shape index (κ3) is 3.27. The maximum atomic E-state index is 11.3. The van der Waals surface area contributed by atoms with Crippen LogP contribution in [0.5, 0.6) is 0 Å². The third-order valence-corrected chi connectivity index (χ3v) is 2.09. The lowest BCUT2D eigenvalue weighted by Gasteiger charge is -2.06. The molecule has 0 aliphatic carbocycles. The monoisotopic (exact) mass is 286 g/mol. The van der Waals surface area contributed by atoms with Gasteiger partial charge in [0.2, 0.25) is 5.91 Å². The number of nitrogens with zero attached hydrogens (tertiary/aromatic N) is 2. The zero-order chi connectivity index (χ0) is 12.1. The summed E-state index contributed by atoms with van der Waals surface area (Å²) in [6, 6.07) is 0. The summed E-state index contributed by atoms with van der Waals surface area (Å²) in [7, 11) is 0. The molecule has 1 rings (SSSR count). The van der Waals surface area contributed by atoms with E-state index in [9.17, 15) is 9.59 Å². The second-order valence-corrected chi connectivity index (χ2v) is 3.86. The van der Waals surface area contributed by atoms with E-state index in [1.54, 1.807) is 0 Å². The number of amides is 2. The first-order valence-corrected chi connectivity index (χ1v) is 5.46. The molecule has 16 heavy (non-hydrogen) atoms. The van der Waals surface area contributed by atoms with Crippen LogP contribution in [0.15, 0.2) is 10.8 Å². The number of primary amides is 1. The van der Waals surface area contributed by atoms with Crippen molar-refractivity contribution < 1.29 is 9.59 Å². The van der Waals surface area contributed by atoms with Gasteiger partial charge in [-0.3, -0.25) is 9.59 Å². The molecule has 7 heteroatoms. The van der Waals surface area contributed by atoms with Crippen LogP contribution < -0.4 is 11.1 Å². The van der Waals surface area contributed by atoms with Crippen molar-refractivity contribution in [3.8, 4) is 0 Å². The minimum Gasteiger partial charge on any atom is -0.364 e. The summed E-state index contributed by atoms with van der Waals surface area (Å²) >= 11 is 3.07. The first-order chi connectivity index (χ1) is 7.54. The molecule has 0 radical (unpaired) electrons. The number of rotatable bonds is 4. The number of halogens is 1. The van der Waals surface area contributed by atoms with Crippen molar-refractivity contribution in [2.75, 3.05) is 5.32 Å². The highest BCUT2D eigenvalue weighted by atomic mass is 79.9. The molecule has 0 aromatic carbocycles. The molecule has 1 aromatic heterocycles. The number of aromatic nitrogens is 2. The van der Waals surface area contributed by atoms with Gasteiger partial charge in [-0.15, -0.1) is 0 Å². The lowest BCUT2D eigenvalue weighted by molar-refractivity contribution is -0.116. The Hall–Kier alpha value is -1.50. The molecule has 86 valence electrons. The lowest BCUT2D eigenvalue weighted by atomic mass is 10.3. The van der Waals surface area contributed by atoms with Gasteiger partial charge in [0.1, 0.15) is 4.60 Å². The van der Waals surface area contributed by atoms with E-state index in [1.807, 2.05) is 6.92 Å². The van der Waals surface area contributed by atoms with Crippen molar-refractivity contribution in [2.45, 2.75) is 19.8 Å². The standard InChI is InChI=1S/C9H11BrN4O2/c1-2-3-6(15)14-9-7(8(11)16)13-5(10)4-12-9/h4H,2-3H2,1H3,(H2,11,16)(H,12,14,15). The normalized spacial score (nSPS) is 9.88. The molecule has 1 aromatic rings. The van der Waals surface area contributed by atoms with Gasteiger partial charge < -0.3 is 11.1 Å². The van der Waals surface area contributed by atoms with Crippen molar-refractivity contribution in [3.05, 3.63) is 16.5 Å². The van der Waals surface area contributed by atoms with Gasteiger partial charge in [-0.1, -0.05) is 6.92 Å². The molecule has 0 spiro atoms. The molecule has 2 amide bonds. The van der Waals surface area contributed by atoms with Crippen LogP contribution in [0.4, 0.5) is 5.82 Å². The Morgan fingerprint density at radius 2 is 2.25 bits per heavy atom. The topological polar surface area (TPSA) is 98.0 Å². The van der Waals surface area contributed by atoms with E-state index < -0.39 is 5.91 Å². The predicted octanol–water partition coefficient (Wildman–Crippen LogP) is 1.08. The fourth-order valence-corrected chi connectivity index (χ4v) is 1.33. The van der Waals surface area contributed by atoms with Gasteiger partial charge in [-0.05, 0) is 22.4 Å². The Morgan fingerprint density at radius 1 is 1.56 bits per heavy atom. The quantitative estimate of drug-likeness (QED) is 0.865. The number of nitrogens with two attached hydrogens (primary N) is 1. The lowest BCUT2D eigenvalue weighted by Crippen LogP contribution is -2.20. The van der Waals surface area contributed by atoms with Gasteiger partial charge >= 0.3 is 0 Å². The molecule has 1 heterocycles. The van der Waals surface area contributed by atoms with Crippen LogP contribution in [0.25, 0.3) is 0 Å². The Morgan fingerprint density at radius 3 is 2.81 bits per heavy atom. The number of hydrogen-bond donors (Lipinski definition) is 2. The predicted molar refractivity (Wildman–Crippen MR) is 61.8 cm³/mol. The molecule has 0 aliphatic rings. The van der Waals surface area contributed by atoms with E-state index >= 15 is 0 Å². The summed E-state index contributed by atoms with van der Waals surface area (Å²) in [5.74, 6) is -0.864. The van der Waals surface area contributed by atoms with E-state index in [-0.39, 0.29) is 17.4 Å². The number of carbonyl (C=O) groups is 2. The van der Waals surface area contributed by atoms with Gasteiger partial charge in [0, 0.05) is 6.42 Å². The van der Waals surface area contributed by atoms with E-state index in [0.717, 1.165) is 0 Å². The van der Waals surface area contributed by atoms with Crippen molar-refractivity contribution in [3.63, 3.8) is 0 Å². The van der Waals surface area contributed by atoms with E-state index in [2.05, 4.69) is 31.2 Å². The number of anilines is 1. The molecule has 0 saturated carbocycles. The number of hydrogen-bond acceptors (Lipinski definition) is 4. The van der Waals surface area contributed by atoms with E-state index in [4.69, 9.17) is 5.73 Å². The molecule has 6 nitrogen and oxygen atoms in total.